The molecule has 0 fully saturated rings. The van der Waals surface area contributed by atoms with E-state index in [1.165, 1.54) is 6.42 Å². The molecular weight excluding hydrogens is 300 g/mol. The van der Waals surface area contributed by atoms with E-state index in [-0.39, 0.29) is 5.75 Å². The van der Waals surface area contributed by atoms with Gasteiger partial charge in [0.2, 0.25) is 0 Å². The highest BCUT2D eigenvalue weighted by atomic mass is 16.5. The fourth-order valence-electron chi connectivity index (χ4n) is 2.23. The molecule has 2 rings (SSSR count). The number of rotatable bonds is 7. The van der Waals surface area contributed by atoms with Gasteiger partial charge in [0.05, 0.1) is 11.9 Å². The van der Waals surface area contributed by atoms with Crippen LogP contribution in [0.1, 0.15) is 27.2 Å². The molecule has 130 valence electrons. The van der Waals surface area contributed by atoms with Crippen LogP contribution in [0.2, 0.25) is 0 Å². The number of ether oxygens (including phenoxy) is 1. The minimum atomic E-state index is 0.259. The molecule has 0 atom stereocenters. The topological polar surface area (TPSA) is 45.6 Å². The highest BCUT2D eigenvalue weighted by molar-refractivity contribution is 5.60. The van der Waals surface area contributed by atoms with Crippen LogP contribution in [0.5, 0.6) is 11.5 Å². The Balaban J connectivity index is 1.79. The molecule has 2 aromatic rings. The first kappa shape index (κ1) is 18.3. The molecule has 1 heterocycles. The first-order valence-corrected chi connectivity index (χ1v) is 8.40. The van der Waals surface area contributed by atoms with Gasteiger partial charge in [-0.25, -0.2) is 0 Å². The Hall–Kier alpha value is -2.07. The quantitative estimate of drug-likeness (QED) is 0.827. The Bertz CT molecular complexity index is 616. The van der Waals surface area contributed by atoms with E-state index in [4.69, 9.17) is 4.74 Å². The summed E-state index contributed by atoms with van der Waals surface area (Å²) in [5, 5.41) is 9.33. The summed E-state index contributed by atoms with van der Waals surface area (Å²) in [5.41, 5.74) is 2.20. The second-order valence-corrected chi connectivity index (χ2v) is 7.39. The SMILES string of the molecule is CN(CCOc1ccc(-c2ccc(O)cc2)nc1)CCC(C)(C)C. The number of likely N-dealkylation sites (N-methyl/N-ethyl adjacent to an activating group) is 1. The van der Waals surface area contributed by atoms with Gasteiger partial charge < -0.3 is 14.7 Å². The molecule has 0 radical (unpaired) electrons. The van der Waals surface area contributed by atoms with Crippen molar-refractivity contribution in [2.24, 2.45) is 5.41 Å². The minimum absolute atomic E-state index is 0.259. The number of aromatic nitrogens is 1. The lowest BCUT2D eigenvalue weighted by molar-refractivity contribution is 0.214. The maximum Gasteiger partial charge on any atom is 0.137 e. The van der Waals surface area contributed by atoms with Gasteiger partial charge in [-0.3, -0.25) is 4.98 Å². The standard InChI is InChI=1S/C20H28N2O2/c1-20(2,3)11-12-22(4)13-14-24-18-9-10-19(21-15-18)16-5-7-17(23)8-6-16/h5-10,15,23H,11-14H2,1-4H3. The van der Waals surface area contributed by atoms with Crippen LogP contribution in [0.4, 0.5) is 0 Å². The third-order valence-electron chi connectivity index (χ3n) is 3.88. The van der Waals surface area contributed by atoms with Crippen LogP contribution in [0, 0.1) is 5.41 Å². The van der Waals surface area contributed by atoms with E-state index in [0.717, 1.165) is 30.1 Å². The lowest BCUT2D eigenvalue weighted by Crippen LogP contribution is -2.27. The Morgan fingerprint density at radius 3 is 2.33 bits per heavy atom. The molecule has 0 aliphatic carbocycles. The van der Waals surface area contributed by atoms with E-state index in [1.54, 1.807) is 18.3 Å². The van der Waals surface area contributed by atoms with Gasteiger partial charge in [0.25, 0.3) is 0 Å². The third kappa shape index (κ3) is 6.20. The van der Waals surface area contributed by atoms with Gasteiger partial charge in [0.1, 0.15) is 18.1 Å². The smallest absolute Gasteiger partial charge is 0.137 e. The first-order chi connectivity index (χ1) is 11.3. The van der Waals surface area contributed by atoms with E-state index in [1.807, 2.05) is 24.3 Å². The predicted octanol–water partition coefficient (Wildman–Crippen LogP) is 4.20. The van der Waals surface area contributed by atoms with Crippen molar-refractivity contribution in [1.82, 2.24) is 9.88 Å². The molecule has 0 saturated heterocycles. The zero-order valence-corrected chi connectivity index (χ0v) is 15.1. The van der Waals surface area contributed by atoms with Crippen LogP contribution in [0.15, 0.2) is 42.6 Å². The molecule has 1 aromatic heterocycles. The molecule has 0 unspecified atom stereocenters. The van der Waals surface area contributed by atoms with Crippen molar-refractivity contribution in [2.75, 3.05) is 26.7 Å². The zero-order valence-electron chi connectivity index (χ0n) is 15.1. The normalized spacial score (nSPS) is 11.7. The lowest BCUT2D eigenvalue weighted by Gasteiger charge is -2.23. The third-order valence-corrected chi connectivity index (χ3v) is 3.88. The van der Waals surface area contributed by atoms with Crippen LogP contribution in [-0.4, -0.2) is 41.7 Å². The number of nitrogens with zero attached hydrogens (tertiary/aromatic N) is 2. The van der Waals surface area contributed by atoms with Crippen molar-refractivity contribution in [3.63, 3.8) is 0 Å². The predicted molar refractivity (Wildman–Crippen MR) is 98.4 cm³/mol. The van der Waals surface area contributed by atoms with Crippen molar-refractivity contribution in [1.29, 1.82) is 0 Å². The summed E-state index contributed by atoms with van der Waals surface area (Å²) in [6.45, 7) is 9.41. The molecular formula is C20H28N2O2. The van der Waals surface area contributed by atoms with Crippen molar-refractivity contribution < 1.29 is 9.84 Å². The van der Waals surface area contributed by atoms with Crippen molar-refractivity contribution in [2.45, 2.75) is 27.2 Å². The first-order valence-electron chi connectivity index (χ1n) is 8.40. The summed E-state index contributed by atoms with van der Waals surface area (Å²) >= 11 is 0. The Morgan fingerprint density at radius 2 is 1.75 bits per heavy atom. The summed E-state index contributed by atoms with van der Waals surface area (Å²) < 4.78 is 5.77. The number of hydrogen-bond donors (Lipinski definition) is 1. The van der Waals surface area contributed by atoms with Crippen LogP contribution in [0.3, 0.4) is 0 Å². The summed E-state index contributed by atoms with van der Waals surface area (Å²) in [7, 11) is 2.13. The number of phenolic OH excluding ortho intramolecular Hbond substituents is 1. The maximum absolute atomic E-state index is 9.33. The van der Waals surface area contributed by atoms with Gasteiger partial charge in [0.15, 0.2) is 0 Å². The van der Waals surface area contributed by atoms with Crippen LogP contribution >= 0.6 is 0 Å². The Labute approximate surface area is 145 Å². The van der Waals surface area contributed by atoms with Crippen molar-refractivity contribution >= 4 is 0 Å². The van der Waals surface area contributed by atoms with Crippen molar-refractivity contribution in [3.8, 4) is 22.8 Å². The van der Waals surface area contributed by atoms with E-state index in [2.05, 4.69) is 37.7 Å². The second-order valence-electron chi connectivity index (χ2n) is 7.39. The molecule has 0 aliphatic heterocycles. The highest BCUT2D eigenvalue weighted by Gasteiger charge is 2.11. The molecule has 0 bridgehead atoms. The number of hydrogen-bond acceptors (Lipinski definition) is 4. The van der Waals surface area contributed by atoms with Crippen LogP contribution < -0.4 is 4.74 Å². The number of benzene rings is 1. The number of pyridine rings is 1. The molecule has 24 heavy (non-hydrogen) atoms. The van der Waals surface area contributed by atoms with Gasteiger partial charge in [-0.15, -0.1) is 0 Å². The minimum Gasteiger partial charge on any atom is -0.508 e. The van der Waals surface area contributed by atoms with Crippen LogP contribution in [-0.2, 0) is 0 Å². The van der Waals surface area contributed by atoms with E-state index in [0.29, 0.717) is 12.0 Å². The largest absolute Gasteiger partial charge is 0.508 e. The molecule has 4 nitrogen and oxygen atoms in total. The summed E-state index contributed by atoms with van der Waals surface area (Å²) in [5.74, 6) is 1.04. The fraction of sp³-hybridized carbons (Fsp3) is 0.450. The van der Waals surface area contributed by atoms with Gasteiger partial charge in [-0.05, 0) is 61.8 Å². The van der Waals surface area contributed by atoms with E-state index in [9.17, 15) is 5.11 Å². The van der Waals surface area contributed by atoms with E-state index >= 15 is 0 Å². The zero-order chi connectivity index (χ0) is 17.6. The molecule has 0 aliphatic rings. The maximum atomic E-state index is 9.33. The lowest BCUT2D eigenvalue weighted by atomic mass is 9.92. The molecule has 1 N–H and O–H groups in total. The summed E-state index contributed by atoms with van der Waals surface area (Å²) in [4.78, 5) is 6.72. The van der Waals surface area contributed by atoms with Gasteiger partial charge in [0, 0.05) is 12.1 Å². The molecule has 1 aromatic carbocycles. The molecule has 4 heteroatoms. The number of phenols is 1. The van der Waals surface area contributed by atoms with E-state index < -0.39 is 0 Å². The van der Waals surface area contributed by atoms with Gasteiger partial charge in [-0.2, -0.15) is 0 Å². The average Bonchev–Trinajstić information content (AvgIpc) is 2.54. The Morgan fingerprint density at radius 1 is 1.04 bits per heavy atom. The molecule has 0 spiro atoms. The van der Waals surface area contributed by atoms with Crippen molar-refractivity contribution in [3.05, 3.63) is 42.6 Å². The summed E-state index contributed by atoms with van der Waals surface area (Å²) in [6.07, 6.45) is 2.92. The van der Waals surface area contributed by atoms with Gasteiger partial charge >= 0.3 is 0 Å². The molecule has 0 saturated carbocycles. The Kier molecular flexibility index (Phi) is 6.21. The van der Waals surface area contributed by atoms with Gasteiger partial charge in [-0.1, -0.05) is 20.8 Å². The highest BCUT2D eigenvalue weighted by Crippen LogP contribution is 2.22. The second kappa shape index (κ2) is 8.15. The molecule has 0 amide bonds. The fourth-order valence-corrected chi connectivity index (χ4v) is 2.23. The number of aromatic hydroxyl groups is 1. The summed E-state index contributed by atoms with van der Waals surface area (Å²) in [6, 6.07) is 10.9. The average molecular weight is 328 g/mol. The van der Waals surface area contributed by atoms with Crippen LogP contribution in [0.25, 0.3) is 11.3 Å². The monoisotopic (exact) mass is 328 g/mol.